The molecule has 1 fully saturated rings. The number of halogens is 1. The zero-order valence-electron chi connectivity index (χ0n) is 8.84. The Labute approximate surface area is 100 Å². The quantitative estimate of drug-likeness (QED) is 0.667. The standard InChI is InChI=1S/C12H19IO/c1-9-2-3-11(8-14-9)10-4-6-12(13)7-5-10/h6,9-11H,2-5,7-8H2,1H3. The summed E-state index contributed by atoms with van der Waals surface area (Å²) < 4.78 is 7.31. The lowest BCUT2D eigenvalue weighted by Gasteiger charge is -2.34. The van der Waals surface area contributed by atoms with E-state index in [1.54, 1.807) is 3.58 Å². The van der Waals surface area contributed by atoms with Gasteiger partial charge in [0.05, 0.1) is 12.7 Å². The summed E-state index contributed by atoms with van der Waals surface area (Å²) in [5.41, 5.74) is 0. The molecule has 0 amide bonds. The topological polar surface area (TPSA) is 9.23 Å². The van der Waals surface area contributed by atoms with Gasteiger partial charge >= 0.3 is 0 Å². The van der Waals surface area contributed by atoms with Gasteiger partial charge in [0.25, 0.3) is 0 Å². The van der Waals surface area contributed by atoms with E-state index in [9.17, 15) is 0 Å². The van der Waals surface area contributed by atoms with E-state index in [2.05, 4.69) is 35.6 Å². The number of hydrogen-bond acceptors (Lipinski definition) is 1. The molecule has 1 aliphatic carbocycles. The molecule has 0 saturated carbocycles. The summed E-state index contributed by atoms with van der Waals surface area (Å²) in [4.78, 5) is 0. The van der Waals surface area contributed by atoms with Gasteiger partial charge in [-0.3, -0.25) is 0 Å². The fourth-order valence-electron chi connectivity index (χ4n) is 2.53. The zero-order valence-corrected chi connectivity index (χ0v) is 11.0. The van der Waals surface area contributed by atoms with Gasteiger partial charge in [-0.05, 0) is 77.0 Å². The van der Waals surface area contributed by atoms with E-state index in [-0.39, 0.29) is 0 Å². The van der Waals surface area contributed by atoms with Crippen LogP contribution < -0.4 is 0 Å². The minimum Gasteiger partial charge on any atom is -0.378 e. The van der Waals surface area contributed by atoms with Crippen molar-refractivity contribution in [2.24, 2.45) is 11.8 Å². The first kappa shape index (κ1) is 10.9. The molecule has 1 saturated heterocycles. The molecule has 3 unspecified atom stereocenters. The Morgan fingerprint density at radius 3 is 2.71 bits per heavy atom. The maximum absolute atomic E-state index is 5.75. The summed E-state index contributed by atoms with van der Waals surface area (Å²) in [6.45, 7) is 3.20. The monoisotopic (exact) mass is 306 g/mol. The molecule has 0 N–H and O–H groups in total. The summed E-state index contributed by atoms with van der Waals surface area (Å²) >= 11 is 2.47. The van der Waals surface area contributed by atoms with Crippen LogP contribution in [0.3, 0.4) is 0 Å². The minimum atomic E-state index is 0.505. The Morgan fingerprint density at radius 2 is 2.14 bits per heavy atom. The van der Waals surface area contributed by atoms with Crippen LogP contribution in [0.5, 0.6) is 0 Å². The summed E-state index contributed by atoms with van der Waals surface area (Å²) in [5, 5.41) is 0. The highest BCUT2D eigenvalue weighted by Gasteiger charge is 2.27. The highest BCUT2D eigenvalue weighted by molar-refractivity contribution is 14.1. The van der Waals surface area contributed by atoms with Crippen molar-refractivity contribution >= 4 is 22.6 Å². The highest BCUT2D eigenvalue weighted by atomic mass is 127. The van der Waals surface area contributed by atoms with Crippen LogP contribution >= 0.6 is 22.6 Å². The molecule has 0 bridgehead atoms. The van der Waals surface area contributed by atoms with Gasteiger partial charge in [0.1, 0.15) is 0 Å². The van der Waals surface area contributed by atoms with Gasteiger partial charge in [0, 0.05) is 0 Å². The molecule has 3 atom stereocenters. The maximum Gasteiger partial charge on any atom is 0.0547 e. The number of allylic oxidation sites excluding steroid dienone is 2. The van der Waals surface area contributed by atoms with Crippen molar-refractivity contribution in [3.63, 3.8) is 0 Å². The second-order valence-electron chi connectivity index (χ2n) is 4.67. The van der Waals surface area contributed by atoms with E-state index in [4.69, 9.17) is 4.74 Å². The molecule has 1 aliphatic heterocycles. The molecule has 0 aromatic rings. The van der Waals surface area contributed by atoms with Crippen LogP contribution in [0.2, 0.25) is 0 Å². The van der Waals surface area contributed by atoms with Crippen molar-refractivity contribution in [2.45, 2.75) is 45.1 Å². The second kappa shape index (κ2) is 4.97. The van der Waals surface area contributed by atoms with E-state index >= 15 is 0 Å². The van der Waals surface area contributed by atoms with Crippen LogP contribution in [0, 0.1) is 11.8 Å². The molecule has 1 nitrogen and oxygen atoms in total. The third kappa shape index (κ3) is 2.72. The summed E-state index contributed by atoms with van der Waals surface area (Å²) in [6.07, 6.45) is 9.56. The van der Waals surface area contributed by atoms with Crippen LogP contribution in [-0.4, -0.2) is 12.7 Å². The van der Waals surface area contributed by atoms with Crippen LogP contribution in [0.1, 0.15) is 39.0 Å². The normalized spacial score (nSPS) is 39.3. The molecule has 2 rings (SSSR count). The zero-order chi connectivity index (χ0) is 9.97. The van der Waals surface area contributed by atoms with Crippen molar-refractivity contribution in [2.75, 3.05) is 6.61 Å². The predicted octanol–water partition coefficient (Wildman–Crippen LogP) is 3.92. The van der Waals surface area contributed by atoms with E-state index in [1.807, 2.05) is 0 Å². The van der Waals surface area contributed by atoms with Crippen LogP contribution in [-0.2, 0) is 4.74 Å². The Morgan fingerprint density at radius 1 is 1.29 bits per heavy atom. The molecule has 2 heteroatoms. The average Bonchev–Trinajstić information content (AvgIpc) is 2.21. The molecule has 14 heavy (non-hydrogen) atoms. The van der Waals surface area contributed by atoms with Crippen molar-refractivity contribution in [3.8, 4) is 0 Å². The second-order valence-corrected chi connectivity index (χ2v) is 6.05. The third-order valence-electron chi connectivity index (χ3n) is 3.60. The summed E-state index contributed by atoms with van der Waals surface area (Å²) in [6, 6.07) is 0. The maximum atomic E-state index is 5.75. The fraction of sp³-hybridized carbons (Fsp3) is 0.833. The highest BCUT2D eigenvalue weighted by Crippen LogP contribution is 2.36. The molecule has 1 heterocycles. The third-order valence-corrected chi connectivity index (χ3v) is 4.58. The van der Waals surface area contributed by atoms with E-state index < -0.39 is 0 Å². The first-order valence-corrected chi connectivity index (χ1v) is 6.79. The molecular weight excluding hydrogens is 287 g/mol. The molecule has 0 spiro atoms. The van der Waals surface area contributed by atoms with Gasteiger partial charge in [0.15, 0.2) is 0 Å². The van der Waals surface area contributed by atoms with Gasteiger partial charge in [-0.15, -0.1) is 0 Å². The molecule has 0 radical (unpaired) electrons. The number of rotatable bonds is 1. The Bertz CT molecular complexity index is 216. The molecule has 80 valence electrons. The van der Waals surface area contributed by atoms with Gasteiger partial charge < -0.3 is 4.74 Å². The van der Waals surface area contributed by atoms with E-state index in [0.29, 0.717) is 6.10 Å². The lowest BCUT2D eigenvalue weighted by atomic mass is 9.79. The molecule has 0 aromatic heterocycles. The largest absolute Gasteiger partial charge is 0.378 e. The van der Waals surface area contributed by atoms with Gasteiger partial charge in [0.2, 0.25) is 0 Å². The number of hydrogen-bond donors (Lipinski definition) is 0. The fourth-order valence-corrected chi connectivity index (χ4v) is 3.09. The summed E-state index contributed by atoms with van der Waals surface area (Å²) in [5.74, 6) is 1.74. The lowest BCUT2D eigenvalue weighted by Crippen LogP contribution is -2.29. The van der Waals surface area contributed by atoms with Gasteiger partial charge in [-0.2, -0.15) is 0 Å². The van der Waals surface area contributed by atoms with Crippen molar-refractivity contribution in [1.29, 1.82) is 0 Å². The minimum absolute atomic E-state index is 0.505. The van der Waals surface area contributed by atoms with Crippen molar-refractivity contribution < 1.29 is 4.74 Å². The smallest absolute Gasteiger partial charge is 0.0547 e. The average molecular weight is 306 g/mol. The van der Waals surface area contributed by atoms with Crippen molar-refractivity contribution in [1.82, 2.24) is 0 Å². The first-order valence-electron chi connectivity index (χ1n) is 5.72. The van der Waals surface area contributed by atoms with Crippen LogP contribution in [0.15, 0.2) is 9.66 Å². The Balaban J connectivity index is 1.84. The van der Waals surface area contributed by atoms with Gasteiger partial charge in [-0.1, -0.05) is 6.08 Å². The predicted molar refractivity (Wildman–Crippen MR) is 67.6 cm³/mol. The van der Waals surface area contributed by atoms with Crippen LogP contribution in [0.25, 0.3) is 0 Å². The summed E-state index contributed by atoms with van der Waals surface area (Å²) in [7, 11) is 0. The van der Waals surface area contributed by atoms with E-state index in [0.717, 1.165) is 18.4 Å². The van der Waals surface area contributed by atoms with Gasteiger partial charge in [-0.25, -0.2) is 0 Å². The Hall–Kier alpha value is 0.430. The van der Waals surface area contributed by atoms with E-state index in [1.165, 1.54) is 32.1 Å². The SMILES string of the molecule is CC1CCC(C2CC=C(I)CC2)CO1. The van der Waals surface area contributed by atoms with Crippen LogP contribution in [0.4, 0.5) is 0 Å². The molecular formula is C12H19IO. The van der Waals surface area contributed by atoms with Crippen molar-refractivity contribution in [3.05, 3.63) is 9.66 Å². The lowest BCUT2D eigenvalue weighted by molar-refractivity contribution is -0.0235. The Kier molecular flexibility index (Phi) is 3.88. The molecule has 2 aliphatic rings. The first-order chi connectivity index (χ1) is 6.75. The number of ether oxygens (including phenoxy) is 1. The molecule has 0 aromatic carbocycles.